The van der Waals surface area contributed by atoms with Crippen molar-refractivity contribution in [1.29, 1.82) is 0 Å². The third-order valence-electron chi connectivity index (χ3n) is 12.7. The molecule has 0 amide bonds. The van der Waals surface area contributed by atoms with Crippen molar-refractivity contribution in [2.75, 3.05) is 50.6 Å². The number of nitrogen functional groups attached to an aromatic ring is 1. The van der Waals surface area contributed by atoms with Gasteiger partial charge in [-0.3, -0.25) is 4.90 Å². The molecule has 13 nitrogen and oxygen atoms in total. The van der Waals surface area contributed by atoms with E-state index < -0.39 is 29.1 Å². The molecule has 2 saturated heterocycles. The Labute approximate surface area is 291 Å². The number of hydrogen-bond donors (Lipinski definition) is 4. The largest absolute Gasteiger partial charge is 0.423 e. The van der Waals surface area contributed by atoms with Gasteiger partial charge in [0.15, 0.2) is 0 Å². The summed E-state index contributed by atoms with van der Waals surface area (Å²) in [5.41, 5.74) is 6.45. The lowest BCUT2D eigenvalue weighted by atomic mass is 9.43. The number of ether oxygens (including phenoxy) is 3. The van der Waals surface area contributed by atoms with Gasteiger partial charge in [-0.1, -0.05) is 19.9 Å². The Morgan fingerprint density at radius 2 is 2.02 bits per heavy atom. The molecule has 5 aliphatic rings. The molecular formula is C37H47N7O6. The number of nitrogens with zero attached hydrogens (tertiary/aromatic N) is 5. The summed E-state index contributed by atoms with van der Waals surface area (Å²) in [6.45, 7) is 7.82. The van der Waals surface area contributed by atoms with Crippen molar-refractivity contribution in [3.63, 3.8) is 0 Å². The summed E-state index contributed by atoms with van der Waals surface area (Å²) in [7, 11) is 1.88. The van der Waals surface area contributed by atoms with Gasteiger partial charge in [-0.15, -0.1) is 0 Å². The van der Waals surface area contributed by atoms with Crippen LogP contribution in [0.2, 0.25) is 0 Å². The number of aromatic nitrogens is 4. The SMILES string of the molecule is Cn1cc(C=C2C=C(C(CC3C4(CO4)C(N4CCOCC4)CC4[C@]3(C)CC[C@@H](O)[C@@]4(C)CO)Nc3ccccn3)C(=O)O2)c2cnc(N)nc21. The van der Waals surface area contributed by atoms with E-state index in [4.69, 9.17) is 19.9 Å². The summed E-state index contributed by atoms with van der Waals surface area (Å²) in [5.74, 6) is 0.858. The summed E-state index contributed by atoms with van der Waals surface area (Å²) >= 11 is 0. The fourth-order valence-electron chi connectivity index (χ4n) is 9.93. The minimum atomic E-state index is -0.676. The summed E-state index contributed by atoms with van der Waals surface area (Å²) in [6, 6.07) is 5.31. The first-order valence-corrected chi connectivity index (χ1v) is 17.7. The lowest BCUT2D eigenvalue weighted by molar-refractivity contribution is -0.197. The van der Waals surface area contributed by atoms with Gasteiger partial charge in [0.05, 0.1) is 44.1 Å². The number of carbonyl (C=O) groups is 1. The maximum atomic E-state index is 13.8. The molecule has 3 aromatic heterocycles. The number of rotatable bonds is 8. The van der Waals surface area contributed by atoms with Crippen molar-refractivity contribution in [1.82, 2.24) is 24.4 Å². The molecule has 266 valence electrons. The van der Waals surface area contributed by atoms with Crippen LogP contribution in [0.25, 0.3) is 17.1 Å². The van der Waals surface area contributed by atoms with Gasteiger partial charge >= 0.3 is 5.97 Å². The first-order chi connectivity index (χ1) is 24.1. The molecule has 8 rings (SSSR count). The van der Waals surface area contributed by atoms with E-state index in [1.165, 1.54) is 0 Å². The smallest absolute Gasteiger partial charge is 0.341 e. The Morgan fingerprint density at radius 1 is 1.22 bits per heavy atom. The number of aliphatic hydroxyl groups is 2. The molecule has 2 aliphatic carbocycles. The Hall–Kier alpha value is -3.88. The molecule has 5 N–H and O–H groups in total. The van der Waals surface area contributed by atoms with Gasteiger partial charge in [0.2, 0.25) is 5.95 Å². The summed E-state index contributed by atoms with van der Waals surface area (Å²) < 4.78 is 20.2. The Morgan fingerprint density at radius 3 is 2.74 bits per heavy atom. The van der Waals surface area contributed by atoms with Crippen molar-refractivity contribution >= 4 is 34.8 Å². The number of allylic oxidation sites excluding steroid dienone is 1. The zero-order chi connectivity index (χ0) is 34.8. The number of morpholine rings is 1. The lowest BCUT2D eigenvalue weighted by Crippen LogP contribution is -2.68. The van der Waals surface area contributed by atoms with Crippen LogP contribution >= 0.6 is 0 Å². The van der Waals surface area contributed by atoms with Crippen molar-refractivity contribution in [2.45, 2.75) is 63.3 Å². The van der Waals surface area contributed by atoms with Crippen molar-refractivity contribution < 1.29 is 29.2 Å². The van der Waals surface area contributed by atoms with Gasteiger partial charge < -0.3 is 40.0 Å². The zero-order valence-electron chi connectivity index (χ0n) is 28.9. The molecule has 5 unspecified atom stereocenters. The summed E-state index contributed by atoms with van der Waals surface area (Å²) in [4.78, 5) is 29.5. The van der Waals surface area contributed by atoms with E-state index >= 15 is 0 Å². The number of epoxide rings is 1. The third kappa shape index (κ3) is 5.41. The summed E-state index contributed by atoms with van der Waals surface area (Å²) in [6.07, 6.45) is 11.1. The number of carbonyl (C=O) groups excluding carboxylic acids is 1. The molecule has 0 aromatic carbocycles. The number of pyridine rings is 1. The van der Waals surface area contributed by atoms with Crippen LogP contribution < -0.4 is 11.1 Å². The number of anilines is 2. The normalized spacial score (nSPS) is 35.6. The second-order valence-corrected chi connectivity index (χ2v) is 15.3. The van der Waals surface area contributed by atoms with Crippen LogP contribution in [-0.2, 0) is 26.1 Å². The number of nitrogens with two attached hydrogens (primary N) is 1. The number of hydrogen-bond acceptors (Lipinski definition) is 12. The average molecular weight is 686 g/mol. The maximum absolute atomic E-state index is 13.8. The summed E-state index contributed by atoms with van der Waals surface area (Å²) in [5, 5.41) is 26.7. The number of fused-ring (bicyclic) bond motifs is 2. The average Bonchev–Trinajstić information content (AvgIpc) is 3.73. The predicted molar refractivity (Wildman–Crippen MR) is 186 cm³/mol. The third-order valence-corrected chi connectivity index (χ3v) is 12.7. The van der Waals surface area contributed by atoms with E-state index in [2.05, 4.69) is 32.1 Å². The molecule has 3 aliphatic heterocycles. The van der Waals surface area contributed by atoms with Gasteiger partial charge in [0.1, 0.15) is 22.8 Å². The quantitative estimate of drug-likeness (QED) is 0.202. The van der Waals surface area contributed by atoms with Crippen molar-refractivity contribution in [2.24, 2.45) is 29.7 Å². The van der Waals surface area contributed by atoms with Crippen LogP contribution in [0.3, 0.4) is 0 Å². The molecule has 0 radical (unpaired) electrons. The minimum Gasteiger partial charge on any atom is -0.423 e. The highest BCUT2D eigenvalue weighted by molar-refractivity contribution is 5.96. The highest BCUT2D eigenvalue weighted by Crippen LogP contribution is 2.67. The van der Waals surface area contributed by atoms with E-state index in [1.807, 2.05) is 55.1 Å². The van der Waals surface area contributed by atoms with Crippen LogP contribution in [0.1, 0.15) is 45.1 Å². The number of nitrogens with one attached hydrogen (secondary N) is 1. The van der Waals surface area contributed by atoms with Crippen LogP contribution in [-0.4, -0.2) is 104 Å². The van der Waals surface area contributed by atoms with Crippen LogP contribution in [0, 0.1) is 22.7 Å². The lowest BCUT2D eigenvalue weighted by Gasteiger charge is -2.64. The number of aryl methyl sites for hydroxylation is 1. The second-order valence-electron chi connectivity index (χ2n) is 15.3. The van der Waals surface area contributed by atoms with Crippen molar-refractivity contribution in [3.05, 3.63) is 59.8 Å². The van der Waals surface area contributed by atoms with E-state index in [1.54, 1.807) is 12.4 Å². The van der Waals surface area contributed by atoms with Gasteiger partial charge in [-0.2, -0.15) is 4.98 Å². The number of esters is 1. The maximum Gasteiger partial charge on any atom is 0.341 e. The Bertz CT molecular complexity index is 1840. The molecule has 2 saturated carbocycles. The predicted octanol–water partition coefficient (Wildman–Crippen LogP) is 2.91. The highest BCUT2D eigenvalue weighted by Gasteiger charge is 2.71. The number of aliphatic hydroxyl groups excluding tert-OH is 2. The second kappa shape index (κ2) is 12.4. The molecule has 0 bridgehead atoms. The van der Waals surface area contributed by atoms with Gasteiger partial charge in [-0.05, 0) is 67.2 Å². The molecule has 6 heterocycles. The Balaban J connectivity index is 1.20. The zero-order valence-corrected chi connectivity index (χ0v) is 28.9. The molecule has 4 fully saturated rings. The molecule has 8 atom stereocenters. The molecule has 1 spiro atoms. The van der Waals surface area contributed by atoms with Gasteiger partial charge in [0, 0.05) is 61.1 Å². The highest BCUT2D eigenvalue weighted by atomic mass is 16.6. The van der Waals surface area contributed by atoms with E-state index in [9.17, 15) is 15.0 Å². The molecule has 13 heteroatoms. The van der Waals surface area contributed by atoms with Crippen LogP contribution in [0.5, 0.6) is 0 Å². The van der Waals surface area contributed by atoms with Gasteiger partial charge in [0.25, 0.3) is 0 Å². The Kier molecular flexibility index (Phi) is 8.26. The topological polar surface area (TPSA) is 173 Å². The molecular weight excluding hydrogens is 638 g/mol. The first-order valence-electron chi connectivity index (χ1n) is 17.7. The fraction of sp³-hybridized carbons (Fsp3) is 0.568. The molecule has 50 heavy (non-hydrogen) atoms. The number of cyclic esters (lactones) is 1. The molecule has 3 aromatic rings. The first kappa shape index (κ1) is 33.3. The van der Waals surface area contributed by atoms with Gasteiger partial charge in [-0.25, -0.2) is 14.8 Å². The van der Waals surface area contributed by atoms with Crippen LogP contribution in [0.4, 0.5) is 11.8 Å². The minimum absolute atomic E-state index is 0.0106. The van der Waals surface area contributed by atoms with E-state index in [-0.39, 0.29) is 35.8 Å². The van der Waals surface area contributed by atoms with E-state index in [0.717, 1.165) is 36.9 Å². The fourth-order valence-corrected chi connectivity index (χ4v) is 9.93. The standard InChI is InChI=1S/C37H47N7O6/c1-35-8-7-30(46)36(2,20-45)27(35)17-29(44-10-12-48-13-11-44)37(21-49-37)28(35)16-26(41-31-6-4-5-9-39-31)24-15-23(50-33(24)47)14-22-19-43(3)32-25(22)18-40-34(38)42-32/h4-6,9,14-15,18-19,26-30,45-46H,7-8,10-13,16-17,20-21H2,1-3H3,(H,39,41)(H2,38,40,42)/t26?,27?,28?,29?,30-,35+,36+,37?/m1/s1. The van der Waals surface area contributed by atoms with E-state index in [0.29, 0.717) is 55.5 Å². The van der Waals surface area contributed by atoms with Crippen molar-refractivity contribution in [3.8, 4) is 0 Å². The van der Waals surface area contributed by atoms with Crippen LogP contribution in [0.15, 0.2) is 54.2 Å². The monoisotopic (exact) mass is 685 g/mol.